The lowest BCUT2D eigenvalue weighted by atomic mass is 9.97. The quantitative estimate of drug-likeness (QED) is 0.419. The van der Waals surface area contributed by atoms with Gasteiger partial charge in [-0.3, -0.25) is 4.79 Å². The summed E-state index contributed by atoms with van der Waals surface area (Å²) in [5, 5.41) is 34.7. The molecule has 0 aliphatic heterocycles. The van der Waals surface area contributed by atoms with Crippen molar-refractivity contribution in [3.8, 4) is 0 Å². The van der Waals surface area contributed by atoms with Gasteiger partial charge in [-0.05, 0) is 57.9 Å². The topological polar surface area (TPSA) is 132 Å². The Labute approximate surface area is 183 Å². The molecule has 0 aliphatic carbocycles. The first kappa shape index (κ1) is 28.0. The van der Waals surface area contributed by atoms with Crippen molar-refractivity contribution in [3.63, 3.8) is 0 Å². The van der Waals surface area contributed by atoms with Crippen LogP contribution in [0.5, 0.6) is 0 Å². The fraction of sp³-hybridized carbons (Fsp3) is 0.375. The summed E-state index contributed by atoms with van der Waals surface area (Å²) >= 11 is 0. The maximum atomic E-state index is 11.3. The molecule has 2 aromatic rings. The van der Waals surface area contributed by atoms with Crippen LogP contribution >= 0.6 is 0 Å². The minimum Gasteiger partial charge on any atom is -0.478 e. The average Bonchev–Trinajstić information content (AvgIpc) is 2.67. The van der Waals surface area contributed by atoms with E-state index in [1.165, 1.54) is 0 Å². The number of rotatable bonds is 5. The Morgan fingerprint density at radius 3 is 1.45 bits per heavy atom. The van der Waals surface area contributed by atoms with Gasteiger partial charge in [0, 0.05) is 11.5 Å². The van der Waals surface area contributed by atoms with E-state index in [-0.39, 0.29) is 5.92 Å². The highest BCUT2D eigenvalue weighted by Crippen LogP contribution is 2.16. The van der Waals surface area contributed by atoms with E-state index in [4.69, 9.17) is 20.4 Å². The number of hydrogen-bond donors (Lipinski definition) is 4. The van der Waals surface area contributed by atoms with Gasteiger partial charge in [0.05, 0.1) is 17.8 Å². The van der Waals surface area contributed by atoms with Gasteiger partial charge < -0.3 is 20.4 Å². The van der Waals surface area contributed by atoms with E-state index in [1.54, 1.807) is 58.0 Å². The molecule has 4 N–H and O–H groups in total. The van der Waals surface area contributed by atoms with Gasteiger partial charge in [0.25, 0.3) is 5.78 Å². The van der Waals surface area contributed by atoms with Crippen molar-refractivity contribution in [1.82, 2.24) is 0 Å². The number of aliphatic hydroxyl groups excluding tert-OH is 2. The number of Topliss-reactive ketones (excluding diaryl/α,β-unsaturated/α-hetero) is 1. The van der Waals surface area contributed by atoms with Crippen molar-refractivity contribution >= 4 is 17.7 Å². The molecule has 0 aromatic heterocycles. The number of ketones is 1. The minimum atomic E-state index is -1.40. The number of carbonyl (C=O) groups excluding carboxylic acids is 1. The fourth-order valence-electron chi connectivity index (χ4n) is 2.63. The third-order valence-corrected chi connectivity index (χ3v) is 4.64. The smallest absolute Gasteiger partial charge is 0.377 e. The highest BCUT2D eigenvalue weighted by Gasteiger charge is 2.19. The van der Waals surface area contributed by atoms with Crippen molar-refractivity contribution < 1.29 is 34.8 Å². The lowest BCUT2D eigenvalue weighted by Crippen LogP contribution is -2.24. The Morgan fingerprint density at radius 2 is 1.19 bits per heavy atom. The molecule has 2 unspecified atom stereocenters. The number of carbonyl (C=O) groups is 3. The molecule has 0 heterocycles. The molecule has 0 saturated carbocycles. The van der Waals surface area contributed by atoms with Crippen molar-refractivity contribution in [2.45, 2.75) is 53.8 Å². The largest absolute Gasteiger partial charge is 0.478 e. The zero-order chi connectivity index (χ0) is 24.3. The molecule has 0 saturated heterocycles. The van der Waals surface area contributed by atoms with E-state index in [1.807, 2.05) is 26.0 Å². The lowest BCUT2D eigenvalue weighted by molar-refractivity contribution is -0.131. The molecule has 2 aromatic carbocycles. The van der Waals surface area contributed by atoms with Crippen molar-refractivity contribution in [1.29, 1.82) is 0 Å². The normalized spacial score (nSPS) is 12.8. The highest BCUT2D eigenvalue weighted by atomic mass is 16.4. The van der Waals surface area contributed by atoms with Crippen LogP contribution in [-0.2, 0) is 4.79 Å². The molecule has 2 rings (SSSR count). The second-order valence-electron chi connectivity index (χ2n) is 7.42. The summed E-state index contributed by atoms with van der Waals surface area (Å²) in [4.78, 5) is 32.0. The van der Waals surface area contributed by atoms with E-state index >= 15 is 0 Å². The number of aromatic carboxylic acids is 1. The second-order valence-corrected chi connectivity index (χ2v) is 7.42. The van der Waals surface area contributed by atoms with Crippen LogP contribution in [0.3, 0.4) is 0 Å². The number of carboxylic acid groups (broad SMARTS) is 2. The monoisotopic (exact) mass is 432 g/mol. The van der Waals surface area contributed by atoms with E-state index < -0.39 is 29.9 Å². The predicted octanol–water partition coefficient (Wildman–Crippen LogP) is 3.65. The molecule has 0 bridgehead atoms. The number of aliphatic carboxylic acids is 1. The summed E-state index contributed by atoms with van der Waals surface area (Å²) in [7, 11) is 0. The molecule has 170 valence electrons. The first-order chi connectivity index (χ1) is 14.3. The van der Waals surface area contributed by atoms with Crippen LogP contribution in [0.1, 0.15) is 58.2 Å². The third-order valence-electron chi connectivity index (χ3n) is 4.64. The van der Waals surface area contributed by atoms with E-state index in [0.29, 0.717) is 11.1 Å². The Kier molecular flexibility index (Phi) is 12.0. The highest BCUT2D eigenvalue weighted by molar-refractivity contribution is 6.40. The molecule has 0 radical (unpaired) electrons. The van der Waals surface area contributed by atoms with E-state index in [9.17, 15) is 14.4 Å². The minimum absolute atomic E-state index is 0.0185. The van der Waals surface area contributed by atoms with Gasteiger partial charge in [0.1, 0.15) is 0 Å². The SMILES string of the molecule is CC(O)C(C)C(C)O.Cc1cc(C)c(C(=O)C(=O)O)c(C)c1.O=C(O)c1ccccc1. The van der Waals surface area contributed by atoms with Crippen molar-refractivity contribution in [2.24, 2.45) is 5.92 Å². The van der Waals surface area contributed by atoms with E-state index in [2.05, 4.69) is 0 Å². The van der Waals surface area contributed by atoms with Gasteiger partial charge in [0.2, 0.25) is 0 Å². The van der Waals surface area contributed by atoms with Crippen LogP contribution in [-0.4, -0.2) is 50.4 Å². The summed E-state index contributed by atoms with van der Waals surface area (Å²) in [5.74, 6) is -3.13. The molecule has 2 atom stereocenters. The van der Waals surface area contributed by atoms with Gasteiger partial charge in [-0.15, -0.1) is 0 Å². The van der Waals surface area contributed by atoms with Crippen molar-refractivity contribution in [3.05, 3.63) is 70.3 Å². The lowest BCUT2D eigenvalue weighted by Gasteiger charge is -2.16. The Bertz CT molecular complexity index is 840. The van der Waals surface area contributed by atoms with Gasteiger partial charge in [-0.2, -0.15) is 0 Å². The van der Waals surface area contributed by atoms with Crippen LogP contribution in [0.4, 0.5) is 0 Å². The first-order valence-corrected chi connectivity index (χ1v) is 9.79. The molecule has 7 nitrogen and oxygen atoms in total. The summed E-state index contributed by atoms with van der Waals surface area (Å²) in [6.45, 7) is 10.6. The molecule has 0 fully saturated rings. The number of aliphatic hydroxyl groups is 2. The Balaban J connectivity index is 0.000000461. The van der Waals surface area contributed by atoms with Gasteiger partial charge >= 0.3 is 11.9 Å². The third kappa shape index (κ3) is 10.0. The first-order valence-electron chi connectivity index (χ1n) is 9.79. The zero-order valence-electron chi connectivity index (χ0n) is 18.8. The summed E-state index contributed by atoms with van der Waals surface area (Å²) < 4.78 is 0. The maximum Gasteiger partial charge on any atom is 0.377 e. The molecule has 0 aliphatic rings. The zero-order valence-corrected chi connectivity index (χ0v) is 18.8. The van der Waals surface area contributed by atoms with Crippen molar-refractivity contribution in [2.75, 3.05) is 0 Å². The van der Waals surface area contributed by atoms with Crippen LogP contribution in [0.2, 0.25) is 0 Å². The number of carboxylic acids is 2. The summed E-state index contributed by atoms with van der Waals surface area (Å²) in [5.41, 5.74) is 3.10. The van der Waals surface area contributed by atoms with Crippen LogP contribution < -0.4 is 0 Å². The molecule has 7 heteroatoms. The van der Waals surface area contributed by atoms with Gasteiger partial charge in [-0.25, -0.2) is 9.59 Å². The molecular weight excluding hydrogens is 400 g/mol. The molecular formula is C24H32O7. The predicted molar refractivity (Wildman–Crippen MR) is 119 cm³/mol. The van der Waals surface area contributed by atoms with Crippen LogP contribution in [0.15, 0.2) is 42.5 Å². The average molecular weight is 433 g/mol. The number of aryl methyl sites for hydroxylation is 3. The second kappa shape index (κ2) is 13.3. The number of benzene rings is 2. The van der Waals surface area contributed by atoms with Gasteiger partial charge in [0.15, 0.2) is 0 Å². The van der Waals surface area contributed by atoms with E-state index in [0.717, 1.165) is 16.7 Å². The summed E-state index contributed by atoms with van der Waals surface area (Å²) in [6.07, 6.45) is -0.815. The Hall–Kier alpha value is -3.03. The van der Waals surface area contributed by atoms with Crippen LogP contribution in [0.25, 0.3) is 0 Å². The maximum absolute atomic E-state index is 11.3. The standard InChI is InChI=1S/C11H12O3.C7H6O2.C6H14O2/c1-6-4-7(2)9(8(3)5-6)10(12)11(13)14;8-7(9)6-4-2-1-3-5-6;1-4(5(2)7)6(3)8/h4-5H,1-3H3,(H,13,14);1-5H,(H,8,9);4-8H,1-3H3. The Morgan fingerprint density at radius 1 is 0.774 bits per heavy atom. The van der Waals surface area contributed by atoms with Gasteiger partial charge in [-0.1, -0.05) is 42.8 Å². The summed E-state index contributed by atoms with van der Waals surface area (Å²) in [6, 6.07) is 11.9. The molecule has 0 amide bonds. The number of hydrogen-bond acceptors (Lipinski definition) is 5. The fourth-order valence-corrected chi connectivity index (χ4v) is 2.63. The molecule has 0 spiro atoms. The molecule has 31 heavy (non-hydrogen) atoms. The van der Waals surface area contributed by atoms with Crippen LogP contribution in [0, 0.1) is 26.7 Å².